The molecule has 0 amide bonds. The number of aromatic nitrogens is 1. The lowest BCUT2D eigenvalue weighted by Crippen LogP contribution is -2.47. The molecule has 2 rings (SSSR count). The summed E-state index contributed by atoms with van der Waals surface area (Å²) in [5.41, 5.74) is 0. The molecule has 1 saturated heterocycles. The zero-order valence-corrected chi connectivity index (χ0v) is 13.9. The molecule has 2 heterocycles. The third-order valence-corrected chi connectivity index (χ3v) is 6.14. The molecule has 2 atom stereocenters. The molecule has 1 aromatic heterocycles. The van der Waals surface area contributed by atoms with E-state index in [4.69, 9.17) is 0 Å². The van der Waals surface area contributed by atoms with Crippen molar-refractivity contribution < 1.29 is 8.42 Å². The lowest BCUT2D eigenvalue weighted by Gasteiger charge is -2.37. The Morgan fingerprint density at radius 1 is 1.33 bits per heavy atom. The van der Waals surface area contributed by atoms with E-state index in [0.717, 1.165) is 25.7 Å². The van der Waals surface area contributed by atoms with Crippen LogP contribution in [0.25, 0.3) is 0 Å². The molecule has 21 heavy (non-hydrogen) atoms. The van der Waals surface area contributed by atoms with Gasteiger partial charge in [-0.25, -0.2) is 13.4 Å². The zero-order chi connectivity index (χ0) is 15.5. The van der Waals surface area contributed by atoms with Gasteiger partial charge in [-0.05, 0) is 45.2 Å². The Kier molecular flexibility index (Phi) is 5.22. The summed E-state index contributed by atoms with van der Waals surface area (Å²) in [6.45, 7) is 6.73. The van der Waals surface area contributed by atoms with Gasteiger partial charge in [0.25, 0.3) is 0 Å². The van der Waals surface area contributed by atoms with Crippen molar-refractivity contribution in [2.75, 3.05) is 11.9 Å². The highest BCUT2D eigenvalue weighted by atomic mass is 32.2. The highest BCUT2D eigenvalue weighted by Gasteiger charge is 2.37. The van der Waals surface area contributed by atoms with Gasteiger partial charge < -0.3 is 5.32 Å². The highest BCUT2D eigenvalue weighted by molar-refractivity contribution is 7.89. The Balaban J connectivity index is 2.39. The van der Waals surface area contributed by atoms with Crippen LogP contribution in [0, 0.1) is 0 Å². The van der Waals surface area contributed by atoms with Gasteiger partial charge in [0.1, 0.15) is 10.7 Å². The molecule has 1 N–H and O–H groups in total. The molecular weight excluding hydrogens is 286 g/mol. The van der Waals surface area contributed by atoms with E-state index in [1.165, 1.54) is 0 Å². The maximum atomic E-state index is 13.0. The van der Waals surface area contributed by atoms with E-state index in [9.17, 15) is 8.42 Å². The molecule has 6 heteroatoms. The Morgan fingerprint density at radius 2 is 2.00 bits per heavy atom. The molecule has 2 unspecified atom stereocenters. The molecule has 0 aliphatic carbocycles. The number of anilines is 1. The van der Waals surface area contributed by atoms with E-state index in [0.29, 0.717) is 17.3 Å². The Morgan fingerprint density at radius 3 is 2.62 bits per heavy atom. The predicted octanol–water partition coefficient (Wildman–Crippen LogP) is 2.86. The summed E-state index contributed by atoms with van der Waals surface area (Å²) in [5, 5.41) is 3.12. The van der Waals surface area contributed by atoms with Gasteiger partial charge in [-0.15, -0.1) is 0 Å². The van der Waals surface area contributed by atoms with E-state index in [1.807, 2.05) is 20.8 Å². The minimum atomic E-state index is -3.51. The van der Waals surface area contributed by atoms with Crippen LogP contribution in [0.1, 0.15) is 46.5 Å². The van der Waals surface area contributed by atoms with Crippen molar-refractivity contribution in [3.63, 3.8) is 0 Å². The van der Waals surface area contributed by atoms with Gasteiger partial charge in [-0.1, -0.05) is 13.3 Å². The number of sulfonamides is 1. The molecular formula is C15H25N3O2S. The van der Waals surface area contributed by atoms with Crippen LogP contribution in [0.5, 0.6) is 0 Å². The first-order chi connectivity index (χ1) is 9.98. The number of hydrogen-bond acceptors (Lipinski definition) is 4. The average Bonchev–Trinajstić information content (AvgIpc) is 2.45. The SMILES string of the molecule is CCCNc1ncccc1S(=O)(=O)N1C(C)CCCC1C. The van der Waals surface area contributed by atoms with Gasteiger partial charge >= 0.3 is 0 Å². The van der Waals surface area contributed by atoms with Gasteiger partial charge in [-0.2, -0.15) is 4.31 Å². The van der Waals surface area contributed by atoms with Crippen molar-refractivity contribution in [3.05, 3.63) is 18.3 Å². The second-order valence-electron chi connectivity index (χ2n) is 5.74. The maximum Gasteiger partial charge on any atom is 0.247 e. The molecule has 1 aromatic rings. The van der Waals surface area contributed by atoms with E-state index < -0.39 is 10.0 Å². The molecule has 0 spiro atoms. The molecule has 0 saturated carbocycles. The second-order valence-corrected chi connectivity index (χ2v) is 7.55. The van der Waals surface area contributed by atoms with Gasteiger partial charge in [0, 0.05) is 24.8 Å². The number of rotatable bonds is 5. The second kappa shape index (κ2) is 6.75. The standard InChI is InChI=1S/C15H25N3O2S/c1-4-10-16-15-14(9-6-11-17-15)21(19,20)18-12(2)7-5-8-13(18)3/h6,9,11-13H,4-5,7-8,10H2,1-3H3,(H,16,17). The van der Waals surface area contributed by atoms with Crippen molar-refractivity contribution in [3.8, 4) is 0 Å². The topological polar surface area (TPSA) is 62.3 Å². The smallest absolute Gasteiger partial charge is 0.247 e. The number of pyridine rings is 1. The summed E-state index contributed by atoms with van der Waals surface area (Å²) in [6.07, 6.45) is 5.47. The quantitative estimate of drug-likeness (QED) is 0.908. The van der Waals surface area contributed by atoms with Crippen LogP contribution in [-0.4, -0.2) is 36.3 Å². The van der Waals surface area contributed by atoms with Crippen LogP contribution in [-0.2, 0) is 10.0 Å². The molecule has 1 fully saturated rings. The summed E-state index contributed by atoms with van der Waals surface area (Å²) >= 11 is 0. The molecule has 5 nitrogen and oxygen atoms in total. The molecule has 1 aliphatic heterocycles. The van der Waals surface area contributed by atoms with E-state index in [-0.39, 0.29) is 12.1 Å². The van der Waals surface area contributed by atoms with Crippen LogP contribution in [0.3, 0.4) is 0 Å². The largest absolute Gasteiger partial charge is 0.369 e. The van der Waals surface area contributed by atoms with E-state index >= 15 is 0 Å². The molecule has 0 aromatic carbocycles. The lowest BCUT2D eigenvalue weighted by molar-refractivity contribution is 0.204. The van der Waals surface area contributed by atoms with Crippen LogP contribution in [0.4, 0.5) is 5.82 Å². The summed E-state index contributed by atoms with van der Waals surface area (Å²) in [5.74, 6) is 0.462. The zero-order valence-electron chi connectivity index (χ0n) is 13.0. The molecule has 1 aliphatic rings. The van der Waals surface area contributed by atoms with E-state index in [1.54, 1.807) is 22.6 Å². The molecule has 0 bridgehead atoms. The van der Waals surface area contributed by atoms with Crippen LogP contribution in [0.2, 0.25) is 0 Å². The van der Waals surface area contributed by atoms with Crippen molar-refractivity contribution in [1.29, 1.82) is 0 Å². The average molecular weight is 311 g/mol. The summed E-state index contributed by atoms with van der Waals surface area (Å²) in [4.78, 5) is 4.50. The minimum Gasteiger partial charge on any atom is -0.369 e. The van der Waals surface area contributed by atoms with Crippen LogP contribution >= 0.6 is 0 Å². The number of nitrogens with one attached hydrogen (secondary N) is 1. The van der Waals surface area contributed by atoms with Gasteiger partial charge in [-0.3, -0.25) is 0 Å². The Hall–Kier alpha value is -1.14. The number of piperidine rings is 1. The van der Waals surface area contributed by atoms with Crippen molar-refractivity contribution in [1.82, 2.24) is 9.29 Å². The first-order valence-corrected chi connectivity index (χ1v) is 9.15. The third-order valence-electron chi connectivity index (χ3n) is 3.98. The minimum absolute atomic E-state index is 0.0398. The number of nitrogens with zero attached hydrogens (tertiary/aromatic N) is 2. The fraction of sp³-hybridized carbons (Fsp3) is 0.667. The maximum absolute atomic E-state index is 13.0. The van der Waals surface area contributed by atoms with Crippen LogP contribution in [0.15, 0.2) is 23.2 Å². The third kappa shape index (κ3) is 3.37. The monoisotopic (exact) mass is 311 g/mol. The molecule has 118 valence electrons. The van der Waals surface area contributed by atoms with Crippen LogP contribution < -0.4 is 5.32 Å². The Bertz CT molecular complexity index is 564. The van der Waals surface area contributed by atoms with Crippen molar-refractivity contribution in [2.24, 2.45) is 0 Å². The summed E-state index contributed by atoms with van der Waals surface area (Å²) < 4.78 is 27.7. The fourth-order valence-corrected chi connectivity index (χ4v) is 4.97. The van der Waals surface area contributed by atoms with Gasteiger partial charge in [0.15, 0.2) is 0 Å². The normalized spacial score (nSPS) is 24.0. The predicted molar refractivity (Wildman–Crippen MR) is 84.8 cm³/mol. The first-order valence-electron chi connectivity index (χ1n) is 7.71. The van der Waals surface area contributed by atoms with Gasteiger partial charge in [0.2, 0.25) is 10.0 Å². The number of hydrogen-bond donors (Lipinski definition) is 1. The Labute approximate surface area is 127 Å². The van der Waals surface area contributed by atoms with Gasteiger partial charge in [0.05, 0.1) is 0 Å². The van der Waals surface area contributed by atoms with E-state index in [2.05, 4.69) is 10.3 Å². The summed E-state index contributed by atoms with van der Waals surface area (Å²) in [7, 11) is -3.51. The fourth-order valence-electron chi connectivity index (χ4n) is 2.96. The molecule has 0 radical (unpaired) electrons. The lowest BCUT2D eigenvalue weighted by atomic mass is 10.0. The van der Waals surface area contributed by atoms with Crippen molar-refractivity contribution in [2.45, 2.75) is 63.4 Å². The van der Waals surface area contributed by atoms with Crippen molar-refractivity contribution >= 4 is 15.8 Å². The highest BCUT2D eigenvalue weighted by Crippen LogP contribution is 2.31. The first kappa shape index (κ1) is 16.2. The summed E-state index contributed by atoms with van der Waals surface area (Å²) in [6, 6.07) is 3.41.